The summed E-state index contributed by atoms with van der Waals surface area (Å²) in [6.45, 7) is 15.0. The Morgan fingerprint density at radius 2 is 1.83 bits per heavy atom. The Hall–Kier alpha value is -3.83. The molecule has 222 valence electrons. The number of hydrogen-bond acceptors (Lipinski definition) is 8. The predicted molar refractivity (Wildman–Crippen MR) is 154 cm³/mol. The summed E-state index contributed by atoms with van der Waals surface area (Å²) in [4.78, 5) is 34.4. The quantitative estimate of drug-likeness (QED) is 0.555. The van der Waals surface area contributed by atoms with Crippen molar-refractivity contribution in [3.05, 3.63) is 30.1 Å². The van der Waals surface area contributed by atoms with Crippen molar-refractivity contribution in [1.29, 1.82) is 0 Å². The summed E-state index contributed by atoms with van der Waals surface area (Å²) >= 11 is 0. The number of phenolic OH excluding ortho intramolecular Hbond substituents is 1. The first-order chi connectivity index (χ1) is 19.2. The van der Waals surface area contributed by atoms with Crippen molar-refractivity contribution in [2.75, 3.05) is 56.0 Å². The van der Waals surface area contributed by atoms with Gasteiger partial charge in [-0.3, -0.25) is 0 Å². The second-order valence-electron chi connectivity index (χ2n) is 12.8. The molecule has 2 aromatic rings. The van der Waals surface area contributed by atoms with E-state index in [0.717, 1.165) is 12.1 Å². The number of urea groups is 1. The number of carbonyl (C=O) groups is 2. The number of piperazine rings is 2. The molecule has 0 radical (unpaired) electrons. The molecule has 1 aromatic heterocycles. The minimum Gasteiger partial charge on any atom is -0.504 e. The summed E-state index contributed by atoms with van der Waals surface area (Å²) in [6, 6.07) is 6.11. The Morgan fingerprint density at radius 1 is 1.10 bits per heavy atom. The van der Waals surface area contributed by atoms with E-state index in [4.69, 9.17) is 4.74 Å². The molecule has 2 fully saturated rings. The molecule has 41 heavy (non-hydrogen) atoms. The molecule has 0 saturated carbocycles. The smallest absolute Gasteiger partial charge is 0.410 e. The van der Waals surface area contributed by atoms with Crippen LogP contribution in [0.2, 0.25) is 0 Å². The molecule has 3 aliphatic rings. The molecule has 0 spiro atoms. The monoisotopic (exact) mass is 569 g/mol. The standard InChI is InChI=1S/C29H40FN7O4/c1-7-29-16-31-24-22(15-21(32-33-24)19-9-8-10-20(30)23(19)38)36(29)13-11-34(18-29)25(39)37-14-12-35(17-28(37,5)6)26(40)41-27(2,3)4/h8-10,15,38H,7,11-14,16-18H2,1-6H3,(H,31,33). The Morgan fingerprint density at radius 3 is 2.51 bits per heavy atom. The third-order valence-corrected chi connectivity index (χ3v) is 8.28. The van der Waals surface area contributed by atoms with Crippen LogP contribution in [0.25, 0.3) is 11.3 Å². The van der Waals surface area contributed by atoms with Gasteiger partial charge in [0.15, 0.2) is 17.4 Å². The van der Waals surface area contributed by atoms with Gasteiger partial charge in [0.05, 0.1) is 22.5 Å². The maximum atomic E-state index is 14.1. The van der Waals surface area contributed by atoms with Crippen LogP contribution in [0.3, 0.4) is 0 Å². The number of fused-ring (bicyclic) bond motifs is 3. The van der Waals surface area contributed by atoms with Crippen molar-refractivity contribution < 1.29 is 23.8 Å². The lowest BCUT2D eigenvalue weighted by molar-refractivity contribution is -0.00956. The van der Waals surface area contributed by atoms with Crippen LogP contribution in [0.4, 0.5) is 25.5 Å². The van der Waals surface area contributed by atoms with Gasteiger partial charge in [-0.25, -0.2) is 14.0 Å². The number of ether oxygens (including phenoxy) is 1. The third kappa shape index (κ3) is 5.31. The van der Waals surface area contributed by atoms with Gasteiger partial charge in [0.25, 0.3) is 0 Å². The maximum Gasteiger partial charge on any atom is 0.410 e. The zero-order chi connectivity index (χ0) is 29.7. The number of amides is 3. The number of rotatable bonds is 2. The molecule has 2 saturated heterocycles. The van der Waals surface area contributed by atoms with E-state index in [9.17, 15) is 19.1 Å². The average Bonchev–Trinajstić information content (AvgIpc) is 2.92. The zero-order valence-electron chi connectivity index (χ0n) is 24.7. The lowest BCUT2D eigenvalue weighted by Gasteiger charge is -2.56. The number of nitrogens with zero attached hydrogens (tertiary/aromatic N) is 6. The molecule has 2 N–H and O–H groups in total. The number of anilines is 2. The van der Waals surface area contributed by atoms with Gasteiger partial charge in [-0.15, -0.1) is 10.2 Å². The van der Waals surface area contributed by atoms with Crippen LogP contribution in [-0.4, -0.2) is 105 Å². The summed E-state index contributed by atoms with van der Waals surface area (Å²) in [6.07, 6.45) is 0.402. The molecule has 4 heterocycles. The van der Waals surface area contributed by atoms with Crippen molar-refractivity contribution in [2.45, 2.75) is 64.6 Å². The van der Waals surface area contributed by atoms with E-state index < -0.39 is 28.2 Å². The highest BCUT2D eigenvalue weighted by Crippen LogP contribution is 2.41. The molecule has 0 bridgehead atoms. The SMILES string of the molecule is CCC12CNc3nnc(-c4cccc(F)c4O)cc3N1CCN(C(=O)N1CCN(C(=O)OC(C)(C)C)CC1(C)C)C2. The van der Waals surface area contributed by atoms with Gasteiger partial charge in [0.2, 0.25) is 0 Å². The van der Waals surface area contributed by atoms with Crippen molar-refractivity contribution in [3.63, 3.8) is 0 Å². The fraction of sp³-hybridized carbons (Fsp3) is 0.586. The number of para-hydroxylation sites is 1. The Kier molecular flexibility index (Phi) is 7.15. The van der Waals surface area contributed by atoms with Crippen LogP contribution in [0.15, 0.2) is 24.3 Å². The van der Waals surface area contributed by atoms with E-state index in [1.165, 1.54) is 12.1 Å². The molecule has 12 heteroatoms. The number of halogens is 1. The zero-order valence-corrected chi connectivity index (χ0v) is 24.7. The molecule has 1 atom stereocenters. The number of carbonyl (C=O) groups excluding carboxylic acids is 2. The first kappa shape index (κ1) is 28.7. The molecule has 3 amide bonds. The minimum atomic E-state index is -0.718. The van der Waals surface area contributed by atoms with E-state index in [0.29, 0.717) is 57.3 Å². The van der Waals surface area contributed by atoms with Gasteiger partial charge in [0, 0.05) is 51.4 Å². The topological polar surface area (TPSA) is 114 Å². The molecule has 0 aliphatic carbocycles. The van der Waals surface area contributed by atoms with Gasteiger partial charge in [-0.2, -0.15) is 0 Å². The number of hydrogen-bond donors (Lipinski definition) is 2. The predicted octanol–water partition coefficient (Wildman–Crippen LogP) is 4.14. The molecule has 5 rings (SSSR count). The van der Waals surface area contributed by atoms with E-state index in [-0.39, 0.29) is 17.7 Å². The van der Waals surface area contributed by atoms with Gasteiger partial charge in [0.1, 0.15) is 5.60 Å². The molecular weight excluding hydrogens is 529 g/mol. The normalized spacial score (nSPS) is 22.0. The van der Waals surface area contributed by atoms with Gasteiger partial charge in [-0.05, 0) is 59.2 Å². The van der Waals surface area contributed by atoms with E-state index in [1.54, 1.807) is 11.0 Å². The molecular formula is C29H40FN7O4. The number of nitrogens with one attached hydrogen (secondary N) is 1. The van der Waals surface area contributed by atoms with Crippen LogP contribution in [0, 0.1) is 5.82 Å². The maximum absolute atomic E-state index is 14.1. The van der Waals surface area contributed by atoms with Gasteiger partial charge >= 0.3 is 12.1 Å². The summed E-state index contributed by atoms with van der Waals surface area (Å²) in [5.74, 6) is -0.560. The molecule has 1 aromatic carbocycles. The number of phenols is 1. The van der Waals surface area contributed by atoms with E-state index >= 15 is 0 Å². The summed E-state index contributed by atoms with van der Waals surface area (Å²) in [5.41, 5.74) is -0.0955. The first-order valence-corrected chi connectivity index (χ1v) is 14.2. The Labute approximate surface area is 240 Å². The number of aromatic hydroxyl groups is 1. The second kappa shape index (κ2) is 10.2. The lowest BCUT2D eigenvalue weighted by atomic mass is 9.87. The Balaban J connectivity index is 1.34. The average molecular weight is 570 g/mol. The van der Waals surface area contributed by atoms with E-state index in [2.05, 4.69) is 27.3 Å². The van der Waals surface area contributed by atoms with Crippen LogP contribution < -0.4 is 10.2 Å². The highest BCUT2D eigenvalue weighted by atomic mass is 19.1. The third-order valence-electron chi connectivity index (χ3n) is 8.28. The fourth-order valence-corrected chi connectivity index (χ4v) is 6.07. The molecule has 1 unspecified atom stereocenters. The van der Waals surface area contributed by atoms with Gasteiger partial charge in [-0.1, -0.05) is 13.0 Å². The van der Waals surface area contributed by atoms with Crippen molar-refractivity contribution >= 4 is 23.6 Å². The van der Waals surface area contributed by atoms with Crippen LogP contribution in [0.1, 0.15) is 48.0 Å². The molecule has 11 nitrogen and oxygen atoms in total. The van der Waals surface area contributed by atoms with Crippen molar-refractivity contribution in [1.82, 2.24) is 24.9 Å². The minimum absolute atomic E-state index is 0.0460. The first-order valence-electron chi connectivity index (χ1n) is 14.2. The van der Waals surface area contributed by atoms with Crippen molar-refractivity contribution in [2.24, 2.45) is 0 Å². The number of aromatic nitrogens is 2. The summed E-state index contributed by atoms with van der Waals surface area (Å²) in [5, 5.41) is 22.3. The summed E-state index contributed by atoms with van der Waals surface area (Å²) in [7, 11) is 0. The lowest BCUT2D eigenvalue weighted by Crippen LogP contribution is -2.71. The van der Waals surface area contributed by atoms with E-state index in [1.807, 2.05) is 50.5 Å². The molecule has 3 aliphatic heterocycles. The highest BCUT2D eigenvalue weighted by Gasteiger charge is 2.48. The van der Waals surface area contributed by atoms with Crippen LogP contribution in [-0.2, 0) is 4.74 Å². The fourth-order valence-electron chi connectivity index (χ4n) is 6.07. The van der Waals surface area contributed by atoms with Crippen molar-refractivity contribution in [3.8, 4) is 17.0 Å². The largest absolute Gasteiger partial charge is 0.504 e. The Bertz CT molecular complexity index is 1350. The van der Waals surface area contributed by atoms with Crippen LogP contribution >= 0.6 is 0 Å². The van der Waals surface area contributed by atoms with Gasteiger partial charge < -0.3 is 34.8 Å². The van der Waals surface area contributed by atoms with Crippen LogP contribution in [0.5, 0.6) is 5.75 Å². The highest BCUT2D eigenvalue weighted by molar-refractivity contribution is 5.80. The second-order valence-corrected chi connectivity index (χ2v) is 12.8. The number of benzene rings is 1. The summed E-state index contributed by atoms with van der Waals surface area (Å²) < 4.78 is 19.6.